The molecule has 0 saturated heterocycles. The molecule has 1 heterocycles. The van der Waals surface area contributed by atoms with Crippen LogP contribution in [0.3, 0.4) is 0 Å². The van der Waals surface area contributed by atoms with Gasteiger partial charge in [0.15, 0.2) is 16.7 Å². The molecule has 2 aromatic rings. The smallest absolute Gasteiger partial charge is 0.286 e. The van der Waals surface area contributed by atoms with E-state index in [1.165, 1.54) is 24.9 Å². The maximum Gasteiger partial charge on any atom is 0.286 e. The Morgan fingerprint density at radius 3 is 2.69 bits per heavy atom. The Morgan fingerprint density at radius 2 is 2.03 bits per heavy atom. The highest BCUT2D eigenvalue weighted by Crippen LogP contribution is 2.37. The van der Waals surface area contributed by atoms with E-state index in [1.807, 2.05) is 6.07 Å². The van der Waals surface area contributed by atoms with Crippen molar-refractivity contribution in [3.63, 3.8) is 0 Å². The maximum atomic E-state index is 12.3. The van der Waals surface area contributed by atoms with Gasteiger partial charge in [-0.1, -0.05) is 17.7 Å². The summed E-state index contributed by atoms with van der Waals surface area (Å²) in [6, 6.07) is 11.9. The number of aliphatic hydroxyl groups excluding tert-OH is 2. The molecule has 1 atom stereocenters. The molecule has 2 aromatic carbocycles. The molecule has 32 heavy (non-hydrogen) atoms. The Hall–Kier alpha value is -3.03. The Kier molecular flexibility index (Phi) is 7.77. The van der Waals surface area contributed by atoms with Crippen molar-refractivity contribution in [1.29, 1.82) is 5.26 Å². The Labute approximate surface area is 194 Å². The molecular formula is C22H20ClN3O5S. The first-order valence-corrected chi connectivity index (χ1v) is 10.6. The van der Waals surface area contributed by atoms with E-state index in [2.05, 4.69) is 4.99 Å². The lowest BCUT2D eigenvalue weighted by atomic mass is 10.2. The van der Waals surface area contributed by atoms with Gasteiger partial charge >= 0.3 is 0 Å². The number of methoxy groups -OCH3 is 1. The molecule has 0 radical (unpaired) electrons. The summed E-state index contributed by atoms with van der Waals surface area (Å²) in [6.45, 7) is -0.221. The largest absolute Gasteiger partial charge is 0.493 e. The van der Waals surface area contributed by atoms with Crippen molar-refractivity contribution >= 4 is 40.5 Å². The average molecular weight is 474 g/mol. The van der Waals surface area contributed by atoms with Crippen LogP contribution in [0.1, 0.15) is 11.1 Å². The molecule has 0 bridgehead atoms. The van der Waals surface area contributed by atoms with Gasteiger partial charge in [0.25, 0.3) is 5.91 Å². The number of aliphatic hydroxyl groups is 2. The van der Waals surface area contributed by atoms with Crippen LogP contribution in [-0.4, -0.2) is 59.6 Å². The van der Waals surface area contributed by atoms with Crippen LogP contribution in [0.15, 0.2) is 46.3 Å². The lowest BCUT2D eigenvalue weighted by Gasteiger charge is -2.19. The highest BCUT2D eigenvalue weighted by molar-refractivity contribution is 8.18. The second kappa shape index (κ2) is 10.5. The van der Waals surface area contributed by atoms with Crippen LogP contribution in [-0.2, 0) is 4.79 Å². The first kappa shape index (κ1) is 23.6. The molecule has 0 saturated carbocycles. The van der Waals surface area contributed by atoms with Crippen LogP contribution in [0.4, 0.5) is 0 Å². The second-order valence-corrected chi connectivity index (χ2v) is 8.21. The SMILES string of the molecule is COc1cc(C=C2SC(N(C)CC(O)CO)=NC2=O)ccc1Oc1ccc(C#N)cc1Cl. The van der Waals surface area contributed by atoms with Crippen molar-refractivity contribution in [1.82, 2.24) is 4.90 Å². The van der Waals surface area contributed by atoms with Crippen LogP contribution in [0.25, 0.3) is 6.08 Å². The topological polar surface area (TPSA) is 115 Å². The molecule has 1 aliphatic heterocycles. The van der Waals surface area contributed by atoms with Gasteiger partial charge in [0.2, 0.25) is 0 Å². The number of ether oxygens (including phenoxy) is 2. The number of likely N-dealkylation sites (N-methyl/N-ethyl adjacent to an activating group) is 1. The summed E-state index contributed by atoms with van der Waals surface area (Å²) < 4.78 is 11.3. The van der Waals surface area contributed by atoms with Crippen molar-refractivity contribution in [3.8, 4) is 23.3 Å². The lowest BCUT2D eigenvalue weighted by Crippen LogP contribution is -2.33. The molecule has 0 fully saturated rings. The fourth-order valence-electron chi connectivity index (χ4n) is 2.79. The Bertz CT molecular complexity index is 1130. The number of hydrogen-bond donors (Lipinski definition) is 2. The number of nitrogens with zero attached hydrogens (tertiary/aromatic N) is 3. The highest BCUT2D eigenvalue weighted by atomic mass is 35.5. The number of halogens is 1. The van der Waals surface area contributed by atoms with Crippen LogP contribution >= 0.6 is 23.4 Å². The summed E-state index contributed by atoms with van der Waals surface area (Å²) in [5.41, 5.74) is 1.12. The van der Waals surface area contributed by atoms with Gasteiger partial charge in [-0.3, -0.25) is 4.79 Å². The fourth-order valence-corrected chi connectivity index (χ4v) is 3.90. The molecule has 1 amide bonds. The predicted molar refractivity (Wildman–Crippen MR) is 123 cm³/mol. The van der Waals surface area contributed by atoms with E-state index in [1.54, 1.807) is 48.4 Å². The summed E-state index contributed by atoms with van der Waals surface area (Å²) in [5, 5.41) is 28.3. The number of amidine groups is 1. The normalized spacial score (nSPS) is 15.3. The number of carbonyl (C=O) groups excluding carboxylic acids is 1. The number of amides is 1. The zero-order chi connectivity index (χ0) is 23.3. The highest BCUT2D eigenvalue weighted by Gasteiger charge is 2.25. The molecule has 1 unspecified atom stereocenters. The van der Waals surface area contributed by atoms with Crippen molar-refractivity contribution < 1.29 is 24.5 Å². The van der Waals surface area contributed by atoms with Crippen LogP contribution in [0, 0.1) is 11.3 Å². The van der Waals surface area contributed by atoms with Crippen LogP contribution < -0.4 is 9.47 Å². The average Bonchev–Trinajstić information content (AvgIpc) is 3.16. The minimum atomic E-state index is -0.923. The molecule has 0 aromatic heterocycles. The monoisotopic (exact) mass is 473 g/mol. The second-order valence-electron chi connectivity index (χ2n) is 6.80. The Morgan fingerprint density at radius 1 is 1.28 bits per heavy atom. The van der Waals surface area contributed by atoms with E-state index in [0.717, 1.165) is 0 Å². The van der Waals surface area contributed by atoms with E-state index in [9.17, 15) is 9.90 Å². The molecule has 2 N–H and O–H groups in total. The van der Waals surface area contributed by atoms with Gasteiger partial charge in [0, 0.05) is 13.6 Å². The number of carbonyl (C=O) groups is 1. The quantitative estimate of drug-likeness (QED) is 0.589. The van der Waals surface area contributed by atoms with Crippen molar-refractivity contribution in [2.45, 2.75) is 6.10 Å². The van der Waals surface area contributed by atoms with E-state index >= 15 is 0 Å². The van der Waals surface area contributed by atoms with Crippen LogP contribution in [0.5, 0.6) is 17.2 Å². The number of benzene rings is 2. The number of aliphatic imine (C=N–C) groups is 1. The number of nitriles is 1. The first-order valence-electron chi connectivity index (χ1n) is 9.42. The fraction of sp³-hybridized carbons (Fsp3) is 0.227. The minimum Gasteiger partial charge on any atom is -0.493 e. The summed E-state index contributed by atoms with van der Waals surface area (Å²) in [7, 11) is 3.18. The number of hydrogen-bond acceptors (Lipinski definition) is 8. The van der Waals surface area contributed by atoms with E-state index in [4.69, 9.17) is 31.4 Å². The van der Waals surface area contributed by atoms with Gasteiger partial charge in [-0.25, -0.2) is 0 Å². The molecule has 0 aliphatic carbocycles. The first-order chi connectivity index (χ1) is 15.3. The predicted octanol–water partition coefficient (Wildman–Crippen LogP) is 3.27. The molecule has 3 rings (SSSR count). The summed E-state index contributed by atoms with van der Waals surface area (Å²) in [5.74, 6) is 0.836. The van der Waals surface area contributed by atoms with E-state index in [-0.39, 0.29) is 19.1 Å². The van der Waals surface area contributed by atoms with E-state index in [0.29, 0.717) is 43.5 Å². The molecular weight excluding hydrogens is 454 g/mol. The summed E-state index contributed by atoms with van der Waals surface area (Å²) in [6.07, 6.45) is 0.758. The lowest BCUT2D eigenvalue weighted by molar-refractivity contribution is -0.113. The zero-order valence-electron chi connectivity index (χ0n) is 17.3. The van der Waals surface area contributed by atoms with Gasteiger partial charge < -0.3 is 24.6 Å². The molecule has 0 spiro atoms. The third kappa shape index (κ3) is 5.60. The van der Waals surface area contributed by atoms with Gasteiger partial charge in [0.1, 0.15) is 5.75 Å². The van der Waals surface area contributed by atoms with Crippen molar-refractivity contribution in [2.75, 3.05) is 27.3 Å². The standard InChI is InChI=1S/C22H20ClN3O5S/c1-26(11-15(28)12-27)22-25-21(29)20(32-22)9-13-3-6-18(19(8-13)30-2)31-17-5-4-14(10-24)7-16(17)23/h3-9,15,27-28H,11-12H2,1-2H3. The van der Waals surface area contributed by atoms with E-state index < -0.39 is 6.10 Å². The van der Waals surface area contributed by atoms with Gasteiger partial charge in [-0.2, -0.15) is 10.3 Å². The maximum absolute atomic E-state index is 12.3. The molecule has 1 aliphatic rings. The number of thioether (sulfide) groups is 1. The third-order valence-corrected chi connectivity index (χ3v) is 5.79. The molecule has 166 valence electrons. The Balaban J connectivity index is 1.77. The van der Waals surface area contributed by atoms with Gasteiger partial charge in [-0.15, -0.1) is 0 Å². The number of rotatable bonds is 7. The van der Waals surface area contributed by atoms with Gasteiger partial charge in [-0.05, 0) is 53.7 Å². The molecule has 10 heteroatoms. The third-order valence-electron chi connectivity index (χ3n) is 4.40. The zero-order valence-corrected chi connectivity index (χ0v) is 18.9. The van der Waals surface area contributed by atoms with Crippen molar-refractivity contribution in [2.24, 2.45) is 4.99 Å². The summed E-state index contributed by atoms with van der Waals surface area (Å²) >= 11 is 7.36. The minimum absolute atomic E-state index is 0.153. The van der Waals surface area contributed by atoms with Crippen LogP contribution in [0.2, 0.25) is 5.02 Å². The molecule has 8 nitrogen and oxygen atoms in total. The van der Waals surface area contributed by atoms with Gasteiger partial charge in [0.05, 0.1) is 41.4 Å². The van der Waals surface area contributed by atoms with Crippen molar-refractivity contribution in [3.05, 3.63) is 57.5 Å². The summed E-state index contributed by atoms with van der Waals surface area (Å²) in [4.78, 5) is 18.3.